The zero-order valence-electron chi connectivity index (χ0n) is 10.2. The molecule has 92 valence electrons. The smallest absolute Gasteiger partial charge is 0.175 e. The molecule has 1 aliphatic heterocycles. The van der Waals surface area contributed by atoms with Crippen LogP contribution in [0.15, 0.2) is 41.7 Å². The van der Waals surface area contributed by atoms with E-state index >= 15 is 0 Å². The summed E-state index contributed by atoms with van der Waals surface area (Å²) in [5.74, 6) is 1.20. The van der Waals surface area contributed by atoms with Crippen molar-refractivity contribution in [3.8, 4) is 0 Å². The fourth-order valence-corrected chi connectivity index (χ4v) is 2.38. The lowest BCUT2D eigenvalue weighted by Crippen LogP contribution is -2.37. The molecule has 0 amide bonds. The number of rotatable bonds is 1. The van der Waals surface area contributed by atoms with Gasteiger partial charge in [-0.2, -0.15) is 0 Å². The summed E-state index contributed by atoms with van der Waals surface area (Å²) in [4.78, 5) is 8.79. The predicted octanol–water partition coefficient (Wildman–Crippen LogP) is 1.10. The average molecular weight is 241 g/mol. The van der Waals surface area contributed by atoms with Crippen LogP contribution in [0.1, 0.15) is 18.3 Å². The molecular weight excluding hydrogens is 226 g/mol. The van der Waals surface area contributed by atoms with Gasteiger partial charge in [0.1, 0.15) is 5.54 Å². The molecule has 4 N–H and O–H groups in total. The van der Waals surface area contributed by atoms with E-state index in [4.69, 9.17) is 11.5 Å². The van der Waals surface area contributed by atoms with Gasteiger partial charge in [-0.15, -0.1) is 0 Å². The molecule has 0 fully saturated rings. The van der Waals surface area contributed by atoms with Crippen LogP contribution in [0, 0.1) is 0 Å². The molecule has 0 bridgehead atoms. The topological polar surface area (TPSA) is 82.2 Å². The Morgan fingerprint density at radius 1 is 1.33 bits per heavy atom. The molecule has 0 saturated heterocycles. The van der Waals surface area contributed by atoms with Crippen LogP contribution in [0.4, 0.5) is 5.69 Å². The third-order valence-corrected chi connectivity index (χ3v) is 3.30. The molecule has 2 heterocycles. The summed E-state index contributed by atoms with van der Waals surface area (Å²) in [5.41, 5.74) is 13.2. The first-order valence-electron chi connectivity index (χ1n) is 5.81. The van der Waals surface area contributed by atoms with E-state index in [9.17, 15) is 0 Å². The van der Waals surface area contributed by atoms with Crippen molar-refractivity contribution < 1.29 is 0 Å². The number of nitrogen functional groups attached to an aromatic ring is 1. The third-order valence-electron chi connectivity index (χ3n) is 3.30. The van der Waals surface area contributed by atoms with Crippen LogP contribution in [-0.2, 0) is 12.1 Å². The molecule has 5 nitrogen and oxygen atoms in total. The number of aliphatic imine (C=N–C) groups is 1. The van der Waals surface area contributed by atoms with E-state index in [0.717, 1.165) is 17.1 Å². The van der Waals surface area contributed by atoms with E-state index in [2.05, 4.69) is 16.9 Å². The Morgan fingerprint density at radius 3 is 2.94 bits per heavy atom. The molecule has 1 atom stereocenters. The molecule has 0 radical (unpaired) electrons. The quantitative estimate of drug-likeness (QED) is 0.733. The predicted molar refractivity (Wildman–Crippen MR) is 71.2 cm³/mol. The number of nitrogens with two attached hydrogens (primary N) is 2. The summed E-state index contributed by atoms with van der Waals surface area (Å²) in [6.07, 6.45) is 3.66. The van der Waals surface area contributed by atoms with Crippen LogP contribution in [0.5, 0.6) is 0 Å². The van der Waals surface area contributed by atoms with E-state index in [1.54, 1.807) is 6.20 Å². The minimum atomic E-state index is -0.396. The van der Waals surface area contributed by atoms with Gasteiger partial charge < -0.3 is 16.0 Å². The lowest BCUT2D eigenvalue weighted by Gasteiger charge is -2.31. The fourth-order valence-electron chi connectivity index (χ4n) is 2.38. The van der Waals surface area contributed by atoms with Crippen molar-refractivity contribution in [1.82, 2.24) is 9.55 Å². The van der Waals surface area contributed by atoms with Crippen molar-refractivity contribution in [2.24, 2.45) is 10.7 Å². The lowest BCUT2D eigenvalue weighted by molar-refractivity contribution is 0.400. The van der Waals surface area contributed by atoms with Crippen molar-refractivity contribution >= 4 is 11.5 Å². The molecule has 0 saturated carbocycles. The molecule has 1 aliphatic rings. The fraction of sp³-hybridized carbons (Fsp3) is 0.231. The van der Waals surface area contributed by atoms with Gasteiger partial charge in [-0.1, -0.05) is 12.1 Å². The highest BCUT2D eigenvalue weighted by atomic mass is 15.2. The van der Waals surface area contributed by atoms with Crippen molar-refractivity contribution in [3.05, 3.63) is 48.0 Å². The normalized spacial score (nSPS) is 22.4. The minimum absolute atomic E-state index is 0.396. The van der Waals surface area contributed by atoms with Crippen molar-refractivity contribution in [2.45, 2.75) is 19.0 Å². The van der Waals surface area contributed by atoms with E-state index < -0.39 is 5.54 Å². The SMILES string of the molecule is CC1(c2cccc(N)c2)Cn2ccnc2C(N)=N1. The number of amidine groups is 1. The van der Waals surface area contributed by atoms with E-state index in [1.807, 2.05) is 35.0 Å². The molecule has 18 heavy (non-hydrogen) atoms. The lowest BCUT2D eigenvalue weighted by atomic mass is 9.91. The van der Waals surface area contributed by atoms with E-state index in [1.165, 1.54) is 0 Å². The number of anilines is 1. The first kappa shape index (κ1) is 10.8. The van der Waals surface area contributed by atoms with Gasteiger partial charge in [0.15, 0.2) is 11.7 Å². The van der Waals surface area contributed by atoms with Crippen LogP contribution in [-0.4, -0.2) is 15.4 Å². The number of aromatic nitrogens is 2. The maximum atomic E-state index is 5.98. The Kier molecular flexibility index (Phi) is 2.16. The highest BCUT2D eigenvalue weighted by molar-refractivity contribution is 5.95. The summed E-state index contributed by atoms with van der Waals surface area (Å²) < 4.78 is 2.02. The number of benzene rings is 1. The first-order valence-corrected chi connectivity index (χ1v) is 5.81. The van der Waals surface area contributed by atoms with Crippen LogP contribution in [0.3, 0.4) is 0 Å². The van der Waals surface area contributed by atoms with E-state index in [0.29, 0.717) is 12.4 Å². The highest BCUT2D eigenvalue weighted by Gasteiger charge is 2.32. The zero-order valence-corrected chi connectivity index (χ0v) is 10.2. The maximum absolute atomic E-state index is 5.98. The first-order chi connectivity index (χ1) is 8.58. The molecule has 5 heteroatoms. The number of imidazole rings is 1. The number of hydrogen-bond acceptors (Lipinski definition) is 4. The van der Waals surface area contributed by atoms with Gasteiger partial charge in [-0.3, -0.25) is 4.99 Å². The number of nitrogens with zero attached hydrogens (tertiary/aromatic N) is 3. The van der Waals surface area contributed by atoms with Gasteiger partial charge in [0.05, 0.1) is 6.54 Å². The molecule has 1 aromatic carbocycles. The molecule has 1 unspecified atom stereocenters. The summed E-state index contributed by atoms with van der Waals surface area (Å²) in [6.45, 7) is 2.77. The monoisotopic (exact) mass is 241 g/mol. The maximum Gasteiger partial charge on any atom is 0.175 e. The minimum Gasteiger partial charge on any atom is -0.399 e. The third kappa shape index (κ3) is 1.55. The molecule has 2 aromatic rings. The van der Waals surface area contributed by atoms with Gasteiger partial charge in [-0.05, 0) is 24.6 Å². The number of hydrogen-bond donors (Lipinski definition) is 2. The van der Waals surface area contributed by atoms with Crippen LogP contribution < -0.4 is 11.5 Å². The van der Waals surface area contributed by atoms with Crippen LogP contribution >= 0.6 is 0 Å². The summed E-state index contributed by atoms with van der Waals surface area (Å²) in [6, 6.07) is 7.77. The Hall–Kier alpha value is -2.30. The van der Waals surface area contributed by atoms with Crippen LogP contribution in [0.25, 0.3) is 0 Å². The summed E-state index contributed by atoms with van der Waals surface area (Å²) in [7, 11) is 0. The van der Waals surface area contributed by atoms with E-state index in [-0.39, 0.29) is 0 Å². The molecule has 1 aromatic heterocycles. The molecular formula is C13H15N5. The van der Waals surface area contributed by atoms with Crippen LogP contribution in [0.2, 0.25) is 0 Å². The molecule has 3 rings (SSSR count). The summed E-state index contributed by atoms with van der Waals surface area (Å²) in [5, 5.41) is 0. The van der Waals surface area contributed by atoms with Gasteiger partial charge in [0.2, 0.25) is 0 Å². The van der Waals surface area contributed by atoms with Gasteiger partial charge in [0.25, 0.3) is 0 Å². The highest BCUT2D eigenvalue weighted by Crippen LogP contribution is 2.31. The standard InChI is InChI=1S/C13H15N5/c1-13(9-3-2-4-10(14)7-9)8-18-6-5-16-12(18)11(15)17-13/h2-7H,8,14H2,1H3,(H2,15,17). The van der Waals surface area contributed by atoms with Gasteiger partial charge in [-0.25, -0.2) is 4.98 Å². The number of fused-ring (bicyclic) bond motifs is 1. The Bertz CT molecular complexity index is 628. The largest absolute Gasteiger partial charge is 0.399 e. The van der Waals surface area contributed by atoms with Crippen molar-refractivity contribution in [1.29, 1.82) is 0 Å². The summed E-state index contributed by atoms with van der Waals surface area (Å²) >= 11 is 0. The van der Waals surface area contributed by atoms with Crippen molar-refractivity contribution in [3.63, 3.8) is 0 Å². The molecule has 0 spiro atoms. The Labute approximate surface area is 105 Å². The second-order valence-corrected chi connectivity index (χ2v) is 4.78. The Balaban J connectivity index is 2.10. The molecule has 0 aliphatic carbocycles. The second kappa shape index (κ2) is 3.60. The van der Waals surface area contributed by atoms with Gasteiger partial charge in [0, 0.05) is 18.1 Å². The Morgan fingerprint density at radius 2 is 2.17 bits per heavy atom. The zero-order chi connectivity index (χ0) is 12.8. The van der Waals surface area contributed by atoms with Gasteiger partial charge >= 0.3 is 0 Å². The second-order valence-electron chi connectivity index (χ2n) is 4.78. The van der Waals surface area contributed by atoms with Crippen molar-refractivity contribution in [2.75, 3.05) is 5.73 Å². The average Bonchev–Trinajstić information content (AvgIpc) is 2.77.